The molecule has 1 N–H and O–H groups in total. The van der Waals surface area contributed by atoms with Crippen molar-refractivity contribution in [2.24, 2.45) is 11.8 Å². The highest BCUT2D eigenvalue weighted by atomic mass is 32.2. The van der Waals surface area contributed by atoms with Gasteiger partial charge in [0.1, 0.15) is 6.54 Å². The van der Waals surface area contributed by atoms with E-state index in [1.807, 2.05) is 13.0 Å². The number of sulfonamides is 1. The van der Waals surface area contributed by atoms with Gasteiger partial charge in [-0.2, -0.15) is 5.26 Å². The van der Waals surface area contributed by atoms with E-state index in [0.717, 1.165) is 30.6 Å². The molecule has 0 bridgehead atoms. The number of amides is 3. The van der Waals surface area contributed by atoms with Crippen LogP contribution in [-0.4, -0.2) is 60.1 Å². The van der Waals surface area contributed by atoms with Crippen molar-refractivity contribution in [2.45, 2.75) is 68.7 Å². The average Bonchev–Trinajstić information content (AvgIpc) is 3.54. The van der Waals surface area contributed by atoms with Crippen LogP contribution in [0.3, 0.4) is 0 Å². The number of urea groups is 1. The van der Waals surface area contributed by atoms with Crippen molar-refractivity contribution in [3.8, 4) is 6.07 Å². The van der Waals surface area contributed by atoms with E-state index < -0.39 is 27.1 Å². The molecule has 3 amide bonds. The minimum atomic E-state index is -3.51. The third-order valence-electron chi connectivity index (χ3n) is 6.43. The summed E-state index contributed by atoms with van der Waals surface area (Å²) in [4.78, 5) is 28.4. The van der Waals surface area contributed by atoms with Crippen molar-refractivity contribution < 1.29 is 18.0 Å². The van der Waals surface area contributed by atoms with Gasteiger partial charge in [-0.1, -0.05) is 0 Å². The van der Waals surface area contributed by atoms with Gasteiger partial charge in [0, 0.05) is 18.1 Å². The molecule has 0 aromatic heterocycles. The Hall–Kier alpha value is -1.66. The van der Waals surface area contributed by atoms with Crippen molar-refractivity contribution in [1.82, 2.24) is 14.5 Å². The first kappa shape index (κ1) is 18.7. The highest BCUT2D eigenvalue weighted by Gasteiger charge is 2.52. The number of nitrogens with one attached hydrogen (secondary N) is 1. The van der Waals surface area contributed by atoms with Gasteiger partial charge >= 0.3 is 6.03 Å². The highest BCUT2D eigenvalue weighted by molar-refractivity contribution is 7.90. The smallest absolute Gasteiger partial charge is 0.320 e. The number of hydrogen-bond donors (Lipinski definition) is 1. The van der Waals surface area contributed by atoms with Crippen molar-refractivity contribution in [1.29, 1.82) is 5.26 Å². The number of carbonyl (C=O) groups excluding carboxylic acids is 2. The van der Waals surface area contributed by atoms with E-state index in [1.165, 1.54) is 0 Å². The predicted octanol–water partition coefficient (Wildman–Crippen LogP) is 1.19. The maximum absolute atomic E-state index is 12.9. The standard InChI is InChI=1S/C18H26N4O4S/c1-18(6-7-18)20-27(25,26)13-4-5-15-14(10-13)16(23)21(9-8-19)17(24)22(15)11-12-2-3-12/h12-15,20H,2-7,9-11H2,1H3. The van der Waals surface area contributed by atoms with Crippen LogP contribution < -0.4 is 4.72 Å². The fraction of sp³-hybridized carbons (Fsp3) is 0.833. The molecule has 1 heterocycles. The van der Waals surface area contributed by atoms with Gasteiger partial charge in [-0.3, -0.25) is 4.79 Å². The molecule has 1 saturated heterocycles. The molecule has 0 radical (unpaired) electrons. The van der Waals surface area contributed by atoms with E-state index in [1.54, 1.807) is 4.90 Å². The number of hydrogen-bond acceptors (Lipinski definition) is 5. The summed E-state index contributed by atoms with van der Waals surface area (Å²) in [5.74, 6) is -0.474. The van der Waals surface area contributed by atoms with Crippen LogP contribution in [0, 0.1) is 23.2 Å². The third-order valence-corrected chi connectivity index (χ3v) is 8.52. The molecule has 27 heavy (non-hydrogen) atoms. The summed E-state index contributed by atoms with van der Waals surface area (Å²) in [5.41, 5.74) is -0.340. The molecule has 148 valence electrons. The lowest BCUT2D eigenvalue weighted by Crippen LogP contribution is -2.64. The van der Waals surface area contributed by atoms with Crippen LogP contribution in [0.2, 0.25) is 0 Å². The van der Waals surface area contributed by atoms with E-state index >= 15 is 0 Å². The lowest BCUT2D eigenvalue weighted by Gasteiger charge is -2.47. The third kappa shape index (κ3) is 3.57. The number of nitriles is 1. The normalized spacial score (nSPS) is 32.8. The van der Waals surface area contributed by atoms with Crippen LogP contribution in [0.25, 0.3) is 0 Å². The Morgan fingerprint density at radius 1 is 1.22 bits per heavy atom. The minimum absolute atomic E-state index is 0.214. The summed E-state index contributed by atoms with van der Waals surface area (Å²) < 4.78 is 28.4. The van der Waals surface area contributed by atoms with Crippen molar-refractivity contribution in [3.63, 3.8) is 0 Å². The summed E-state index contributed by atoms with van der Waals surface area (Å²) in [7, 11) is -3.51. The number of fused-ring (bicyclic) bond motifs is 1. The number of rotatable bonds is 6. The summed E-state index contributed by atoms with van der Waals surface area (Å²) in [6.07, 6.45) is 5.00. The SMILES string of the molecule is CC1(NS(=O)(=O)C2CCC3C(C2)C(=O)N(CC#N)C(=O)N3CC2CC2)CC1. The molecule has 1 aliphatic heterocycles. The van der Waals surface area contributed by atoms with Crippen molar-refractivity contribution >= 4 is 22.0 Å². The zero-order valence-corrected chi connectivity index (χ0v) is 16.4. The van der Waals surface area contributed by atoms with E-state index in [2.05, 4.69) is 4.72 Å². The maximum Gasteiger partial charge on any atom is 0.327 e. The Kier molecular flexibility index (Phi) is 4.47. The quantitative estimate of drug-likeness (QED) is 0.681. The summed E-state index contributed by atoms with van der Waals surface area (Å²) >= 11 is 0. The van der Waals surface area contributed by atoms with Crippen LogP contribution in [0.15, 0.2) is 0 Å². The first-order valence-corrected chi connectivity index (χ1v) is 11.3. The van der Waals surface area contributed by atoms with Crippen LogP contribution >= 0.6 is 0 Å². The first-order valence-electron chi connectivity index (χ1n) is 9.76. The van der Waals surface area contributed by atoms with Gasteiger partial charge in [0.25, 0.3) is 0 Å². The molecule has 8 nitrogen and oxygen atoms in total. The van der Waals surface area contributed by atoms with E-state index in [4.69, 9.17) is 5.26 Å². The van der Waals surface area contributed by atoms with Gasteiger partial charge in [-0.25, -0.2) is 22.8 Å². The Balaban J connectivity index is 1.55. The summed E-state index contributed by atoms with van der Waals surface area (Å²) in [5, 5.41) is 8.40. The molecule has 9 heteroatoms. The second kappa shape index (κ2) is 6.45. The van der Waals surface area contributed by atoms with Gasteiger partial charge in [-0.15, -0.1) is 0 Å². The van der Waals surface area contributed by atoms with E-state index in [-0.39, 0.29) is 30.6 Å². The van der Waals surface area contributed by atoms with Gasteiger partial charge in [0.2, 0.25) is 15.9 Å². The Bertz CT molecular complexity index is 797. The fourth-order valence-corrected chi connectivity index (χ4v) is 6.32. The summed E-state index contributed by atoms with van der Waals surface area (Å²) in [6, 6.07) is 1.26. The molecule has 3 unspecified atom stereocenters. The molecule has 3 aliphatic carbocycles. The lowest BCUT2D eigenvalue weighted by atomic mass is 9.80. The molecule has 3 atom stereocenters. The monoisotopic (exact) mass is 394 g/mol. The lowest BCUT2D eigenvalue weighted by molar-refractivity contribution is -0.139. The van der Waals surface area contributed by atoms with Crippen LogP contribution in [-0.2, 0) is 14.8 Å². The van der Waals surface area contributed by atoms with Crippen LogP contribution in [0.5, 0.6) is 0 Å². The van der Waals surface area contributed by atoms with Gasteiger partial charge in [-0.05, 0) is 57.8 Å². The molecular weight excluding hydrogens is 368 g/mol. The second-order valence-corrected chi connectivity index (χ2v) is 10.7. The van der Waals surface area contributed by atoms with Gasteiger partial charge < -0.3 is 4.90 Å². The minimum Gasteiger partial charge on any atom is -0.320 e. The number of nitrogens with zero attached hydrogens (tertiary/aromatic N) is 3. The Morgan fingerprint density at radius 2 is 1.93 bits per heavy atom. The number of carbonyl (C=O) groups is 2. The van der Waals surface area contributed by atoms with E-state index in [9.17, 15) is 18.0 Å². The zero-order chi connectivity index (χ0) is 19.4. The van der Waals surface area contributed by atoms with Gasteiger partial charge in [0.15, 0.2) is 0 Å². The fourth-order valence-electron chi connectivity index (χ4n) is 4.35. The molecule has 0 aromatic carbocycles. The number of imide groups is 1. The maximum atomic E-state index is 12.9. The molecule has 4 fully saturated rings. The van der Waals surface area contributed by atoms with Crippen LogP contribution in [0.1, 0.15) is 51.9 Å². The molecule has 3 saturated carbocycles. The molecule has 4 aliphatic rings. The molecular formula is C18H26N4O4S. The molecule has 0 spiro atoms. The predicted molar refractivity (Wildman–Crippen MR) is 96.8 cm³/mol. The van der Waals surface area contributed by atoms with Gasteiger partial charge in [0.05, 0.1) is 17.2 Å². The van der Waals surface area contributed by atoms with Crippen molar-refractivity contribution in [3.05, 3.63) is 0 Å². The molecule has 0 aromatic rings. The van der Waals surface area contributed by atoms with Crippen LogP contribution in [0.4, 0.5) is 4.79 Å². The largest absolute Gasteiger partial charge is 0.327 e. The molecule has 4 rings (SSSR count). The highest BCUT2D eigenvalue weighted by Crippen LogP contribution is 2.41. The van der Waals surface area contributed by atoms with Crippen molar-refractivity contribution in [2.75, 3.05) is 13.1 Å². The zero-order valence-electron chi connectivity index (χ0n) is 15.6. The Labute approximate surface area is 159 Å². The summed E-state index contributed by atoms with van der Waals surface area (Å²) in [6.45, 7) is 2.21. The second-order valence-electron chi connectivity index (χ2n) is 8.78. The Morgan fingerprint density at radius 3 is 2.52 bits per heavy atom. The van der Waals surface area contributed by atoms with E-state index in [0.29, 0.717) is 25.3 Å². The topological polar surface area (TPSA) is 111 Å². The average molecular weight is 394 g/mol. The first-order chi connectivity index (χ1) is 12.7.